The van der Waals surface area contributed by atoms with Gasteiger partial charge in [0.2, 0.25) is 0 Å². The molecule has 0 heterocycles. The summed E-state index contributed by atoms with van der Waals surface area (Å²) in [5.74, 6) is -5.19. The molecule has 0 saturated carbocycles. The van der Waals surface area contributed by atoms with Crippen molar-refractivity contribution in [3.63, 3.8) is 0 Å². The van der Waals surface area contributed by atoms with Crippen LogP contribution in [0.1, 0.15) is 6.42 Å². The van der Waals surface area contributed by atoms with Crippen LogP contribution in [0.15, 0.2) is 12.7 Å². The molecule has 0 amide bonds. The second kappa shape index (κ2) is 4.38. The van der Waals surface area contributed by atoms with Gasteiger partial charge in [0.1, 0.15) is 6.42 Å². The lowest BCUT2D eigenvalue weighted by Gasteiger charge is -2.27. The van der Waals surface area contributed by atoms with Gasteiger partial charge < -0.3 is 0 Å². The molecule has 0 bridgehead atoms. The molecule has 8 heteroatoms. The van der Waals surface area contributed by atoms with Crippen molar-refractivity contribution in [2.75, 3.05) is 6.54 Å². The summed E-state index contributed by atoms with van der Waals surface area (Å²) < 4.78 is 84.6. The van der Waals surface area contributed by atoms with Crippen LogP contribution in [-0.4, -0.2) is 24.7 Å². The van der Waals surface area contributed by atoms with Gasteiger partial charge in [-0.3, -0.25) is 0 Å². The number of hydrogen-bond acceptors (Lipinski definition) is 1. The van der Waals surface area contributed by atoms with E-state index in [0.717, 1.165) is 11.4 Å². The third-order valence-corrected chi connectivity index (χ3v) is 1.35. The first kappa shape index (κ1) is 14.2. The highest BCUT2D eigenvalue weighted by Crippen LogP contribution is 2.40. The highest BCUT2D eigenvalue weighted by molar-refractivity contribution is 4.87. The first-order valence-electron chi connectivity index (χ1n) is 3.70. The first-order chi connectivity index (χ1) is 6.52. The average molecular weight is 239 g/mol. The van der Waals surface area contributed by atoms with Gasteiger partial charge in [-0.1, -0.05) is 6.08 Å². The summed E-state index contributed by atoms with van der Waals surface area (Å²) >= 11 is 0. The Bertz CT molecular complexity index is 220. The fourth-order valence-electron chi connectivity index (χ4n) is 0.692. The van der Waals surface area contributed by atoms with Crippen LogP contribution in [0.3, 0.4) is 0 Å². The minimum atomic E-state index is -5.36. The molecule has 0 aliphatic rings. The second-order valence-electron chi connectivity index (χ2n) is 2.74. The zero-order valence-corrected chi connectivity index (χ0v) is 7.34. The summed E-state index contributed by atoms with van der Waals surface area (Å²) in [6.07, 6.45) is -7.41. The van der Waals surface area contributed by atoms with Gasteiger partial charge in [0.05, 0.1) is 0 Å². The molecule has 0 atom stereocenters. The molecule has 15 heavy (non-hydrogen) atoms. The minimum absolute atomic E-state index is 0.722. The van der Waals surface area contributed by atoms with Crippen LogP contribution in [0.5, 0.6) is 0 Å². The predicted molar refractivity (Wildman–Crippen MR) is 38.8 cm³/mol. The topological polar surface area (TPSA) is 12.0 Å². The second-order valence-corrected chi connectivity index (χ2v) is 2.74. The molecule has 0 aromatic rings. The fraction of sp³-hybridized carbons (Fsp3) is 0.714. The quantitative estimate of drug-likeness (QED) is 0.442. The van der Waals surface area contributed by atoms with Gasteiger partial charge >= 0.3 is 18.1 Å². The highest BCUT2D eigenvalue weighted by Gasteiger charge is 2.60. The molecule has 0 aromatic heterocycles. The van der Waals surface area contributed by atoms with E-state index < -0.39 is 31.1 Å². The van der Waals surface area contributed by atoms with Crippen molar-refractivity contribution in [1.82, 2.24) is 5.32 Å². The van der Waals surface area contributed by atoms with E-state index in [1.54, 1.807) is 0 Å². The van der Waals surface area contributed by atoms with E-state index in [1.165, 1.54) is 0 Å². The van der Waals surface area contributed by atoms with Gasteiger partial charge in [0.15, 0.2) is 0 Å². The van der Waals surface area contributed by atoms with Gasteiger partial charge in [-0.05, 0) is 0 Å². The normalized spacial score (nSPS) is 14.1. The maximum atomic E-state index is 12.5. The standard InChI is InChI=1S/C7H8F7N/c1-2-3-15-7(13,14)5(8,9)4-6(10,11)12/h2,15H,1,3-4H2. The predicted octanol–water partition coefficient (Wildman–Crippen LogP) is 2.94. The molecule has 0 unspecified atom stereocenters. The van der Waals surface area contributed by atoms with Crippen molar-refractivity contribution in [3.05, 3.63) is 12.7 Å². The number of hydrogen-bond donors (Lipinski definition) is 1. The van der Waals surface area contributed by atoms with Crippen molar-refractivity contribution in [3.8, 4) is 0 Å². The molecule has 0 fully saturated rings. The van der Waals surface area contributed by atoms with Gasteiger partial charge in [0.25, 0.3) is 0 Å². The Morgan fingerprint density at radius 3 is 1.80 bits per heavy atom. The maximum absolute atomic E-state index is 12.5. The van der Waals surface area contributed by atoms with Gasteiger partial charge in [0, 0.05) is 6.54 Å². The lowest BCUT2D eigenvalue weighted by Crippen LogP contribution is -2.53. The van der Waals surface area contributed by atoms with Crippen molar-refractivity contribution >= 4 is 0 Å². The number of alkyl halides is 7. The number of rotatable bonds is 5. The summed E-state index contributed by atoms with van der Waals surface area (Å²) in [6, 6.07) is -4.92. The van der Waals surface area contributed by atoms with Crippen LogP contribution < -0.4 is 5.32 Å². The van der Waals surface area contributed by atoms with Crippen molar-refractivity contribution in [2.24, 2.45) is 0 Å². The molecule has 0 aliphatic carbocycles. The van der Waals surface area contributed by atoms with Crippen LogP contribution in [0.2, 0.25) is 0 Å². The van der Waals surface area contributed by atoms with Crippen LogP contribution in [-0.2, 0) is 0 Å². The molecular weight excluding hydrogens is 231 g/mol. The summed E-state index contributed by atoms with van der Waals surface area (Å²) in [4.78, 5) is 0. The largest absolute Gasteiger partial charge is 0.395 e. The molecule has 1 N–H and O–H groups in total. The molecule has 0 rings (SSSR count). The van der Waals surface area contributed by atoms with Crippen LogP contribution in [0.25, 0.3) is 0 Å². The summed E-state index contributed by atoms with van der Waals surface area (Å²) in [6.45, 7) is 2.24. The Labute approximate surface area is 80.9 Å². The van der Waals surface area contributed by atoms with E-state index >= 15 is 0 Å². The maximum Gasteiger partial charge on any atom is 0.395 e. The zero-order chi connectivity index (χ0) is 12.3. The Kier molecular flexibility index (Phi) is 4.15. The van der Waals surface area contributed by atoms with E-state index in [-0.39, 0.29) is 0 Å². The van der Waals surface area contributed by atoms with Gasteiger partial charge in [-0.2, -0.15) is 30.7 Å². The van der Waals surface area contributed by atoms with E-state index in [4.69, 9.17) is 0 Å². The highest BCUT2D eigenvalue weighted by atomic mass is 19.4. The molecule has 0 aliphatic heterocycles. The zero-order valence-electron chi connectivity index (χ0n) is 7.34. The Balaban J connectivity index is 4.60. The molecular formula is C7H8F7N. The number of nitrogens with one attached hydrogen (secondary N) is 1. The number of halogens is 7. The summed E-state index contributed by atoms with van der Waals surface area (Å²) in [5.41, 5.74) is 0. The molecule has 1 nitrogen and oxygen atoms in total. The lowest BCUT2D eigenvalue weighted by molar-refractivity contribution is -0.273. The van der Waals surface area contributed by atoms with Crippen molar-refractivity contribution < 1.29 is 30.7 Å². The smallest absolute Gasteiger partial charge is 0.249 e. The SMILES string of the molecule is C=CCNC(F)(F)C(F)(F)CC(F)(F)F. The minimum Gasteiger partial charge on any atom is -0.249 e. The molecule has 0 saturated heterocycles. The summed E-state index contributed by atoms with van der Waals surface area (Å²) in [7, 11) is 0. The van der Waals surface area contributed by atoms with E-state index in [2.05, 4.69) is 6.58 Å². The van der Waals surface area contributed by atoms with Gasteiger partial charge in [-0.25, -0.2) is 5.32 Å². The first-order valence-corrected chi connectivity index (χ1v) is 3.70. The Morgan fingerprint density at radius 1 is 1.00 bits per heavy atom. The van der Waals surface area contributed by atoms with Crippen molar-refractivity contribution in [1.29, 1.82) is 0 Å². The van der Waals surface area contributed by atoms with Crippen molar-refractivity contribution in [2.45, 2.75) is 24.6 Å². The van der Waals surface area contributed by atoms with E-state index in [1.807, 2.05) is 0 Å². The van der Waals surface area contributed by atoms with E-state index in [9.17, 15) is 30.7 Å². The van der Waals surface area contributed by atoms with Crippen LogP contribution in [0.4, 0.5) is 30.7 Å². The third kappa shape index (κ3) is 4.50. The molecule has 90 valence electrons. The third-order valence-electron chi connectivity index (χ3n) is 1.35. The van der Waals surface area contributed by atoms with Crippen LogP contribution >= 0.6 is 0 Å². The summed E-state index contributed by atoms with van der Waals surface area (Å²) in [5, 5.41) is 0.970. The lowest BCUT2D eigenvalue weighted by atomic mass is 10.2. The average Bonchev–Trinajstić information content (AvgIpc) is 1.96. The Morgan fingerprint density at radius 2 is 1.47 bits per heavy atom. The van der Waals surface area contributed by atoms with Gasteiger partial charge in [-0.15, -0.1) is 6.58 Å². The Hall–Kier alpha value is -0.790. The van der Waals surface area contributed by atoms with Crippen LogP contribution in [0, 0.1) is 0 Å². The van der Waals surface area contributed by atoms with E-state index in [0.29, 0.717) is 0 Å². The molecule has 0 radical (unpaired) electrons. The molecule has 0 aromatic carbocycles. The fourth-order valence-corrected chi connectivity index (χ4v) is 0.692. The monoisotopic (exact) mass is 239 g/mol. The molecule has 0 spiro atoms.